The van der Waals surface area contributed by atoms with E-state index in [1.807, 2.05) is 0 Å². The minimum Gasteiger partial charge on any atom is -0.504 e. The Morgan fingerprint density at radius 3 is 2.33 bits per heavy atom. The van der Waals surface area contributed by atoms with E-state index >= 15 is 0 Å². The molecule has 168 valence electrons. The van der Waals surface area contributed by atoms with Crippen molar-refractivity contribution in [3.05, 3.63) is 83.8 Å². The maximum Gasteiger partial charge on any atom is 0.303 e. The van der Waals surface area contributed by atoms with Gasteiger partial charge in [-0.1, -0.05) is 12.1 Å². The molecule has 2 heterocycles. The molecule has 0 radical (unpaired) electrons. The van der Waals surface area contributed by atoms with Gasteiger partial charge in [0, 0.05) is 47.6 Å². The van der Waals surface area contributed by atoms with Crippen molar-refractivity contribution in [1.29, 1.82) is 0 Å². The highest BCUT2D eigenvalue weighted by Crippen LogP contribution is 2.35. The molecule has 0 saturated heterocycles. The van der Waals surface area contributed by atoms with Crippen molar-refractivity contribution in [2.24, 2.45) is 0 Å². The number of carboxylic acid groups (broad SMARTS) is 1. The zero-order chi connectivity index (χ0) is 23.8. The summed E-state index contributed by atoms with van der Waals surface area (Å²) in [5, 5.41) is 29.1. The first-order chi connectivity index (χ1) is 15.7. The van der Waals surface area contributed by atoms with Crippen LogP contribution in [0.2, 0.25) is 0 Å². The number of aromatic hydroxyl groups is 2. The molecule has 0 bridgehead atoms. The third kappa shape index (κ3) is 4.15. The summed E-state index contributed by atoms with van der Waals surface area (Å²) in [5.74, 6) is -2.43. The van der Waals surface area contributed by atoms with Crippen molar-refractivity contribution < 1.29 is 33.3 Å². The van der Waals surface area contributed by atoms with Gasteiger partial charge < -0.3 is 15.3 Å². The Morgan fingerprint density at radius 2 is 1.64 bits per heavy atom. The number of phenols is 2. The van der Waals surface area contributed by atoms with E-state index in [2.05, 4.69) is 4.98 Å². The van der Waals surface area contributed by atoms with Crippen LogP contribution in [0.15, 0.2) is 72.0 Å². The van der Waals surface area contributed by atoms with Gasteiger partial charge in [-0.3, -0.25) is 14.6 Å². The van der Waals surface area contributed by atoms with Crippen LogP contribution in [0.3, 0.4) is 0 Å². The van der Waals surface area contributed by atoms with E-state index in [1.54, 1.807) is 0 Å². The molecule has 0 fully saturated rings. The molecule has 10 heteroatoms. The van der Waals surface area contributed by atoms with Gasteiger partial charge in [0.1, 0.15) is 0 Å². The van der Waals surface area contributed by atoms with E-state index in [0.29, 0.717) is 16.5 Å². The fraction of sp³-hybridized carbons (Fsp3) is 0.0870. The van der Waals surface area contributed by atoms with Crippen LogP contribution in [0.5, 0.6) is 11.5 Å². The molecule has 0 aliphatic rings. The summed E-state index contributed by atoms with van der Waals surface area (Å²) in [6.07, 6.45) is 3.94. The summed E-state index contributed by atoms with van der Waals surface area (Å²) in [5.41, 5.74) is 0.944. The Morgan fingerprint density at radius 1 is 0.939 bits per heavy atom. The quantitative estimate of drug-likeness (QED) is 0.278. The molecular formula is C23H18N2O7S. The molecule has 4 rings (SSSR count). The van der Waals surface area contributed by atoms with E-state index in [0.717, 1.165) is 10.0 Å². The van der Waals surface area contributed by atoms with Gasteiger partial charge in [-0.15, -0.1) is 0 Å². The number of nitrogens with zero attached hydrogens (tertiary/aromatic N) is 2. The number of carbonyl (C=O) groups excluding carboxylic acids is 1. The summed E-state index contributed by atoms with van der Waals surface area (Å²) in [6.45, 7) is 0. The first-order valence-electron chi connectivity index (χ1n) is 9.76. The van der Waals surface area contributed by atoms with Crippen molar-refractivity contribution in [1.82, 2.24) is 8.96 Å². The van der Waals surface area contributed by atoms with E-state index in [9.17, 15) is 28.2 Å². The minimum absolute atomic E-state index is 0.0130. The van der Waals surface area contributed by atoms with Gasteiger partial charge in [-0.25, -0.2) is 12.4 Å². The second kappa shape index (κ2) is 8.40. The van der Waals surface area contributed by atoms with Gasteiger partial charge in [0.05, 0.1) is 10.4 Å². The van der Waals surface area contributed by atoms with Crippen LogP contribution in [-0.2, 0) is 21.2 Å². The monoisotopic (exact) mass is 466 g/mol. The van der Waals surface area contributed by atoms with Gasteiger partial charge in [0.25, 0.3) is 10.0 Å². The van der Waals surface area contributed by atoms with E-state index < -0.39 is 27.5 Å². The Bertz CT molecular complexity index is 1490. The molecule has 0 aliphatic heterocycles. The van der Waals surface area contributed by atoms with Crippen molar-refractivity contribution in [3.8, 4) is 11.5 Å². The molecule has 0 spiro atoms. The lowest BCUT2D eigenvalue weighted by Gasteiger charge is -2.10. The van der Waals surface area contributed by atoms with Crippen molar-refractivity contribution >= 4 is 32.7 Å². The summed E-state index contributed by atoms with van der Waals surface area (Å²) >= 11 is 0. The van der Waals surface area contributed by atoms with Crippen LogP contribution in [0, 0.1) is 0 Å². The lowest BCUT2D eigenvalue weighted by molar-refractivity contribution is -0.136. The number of aliphatic carboxylic acids is 1. The largest absolute Gasteiger partial charge is 0.504 e. The topological polar surface area (TPSA) is 147 Å². The summed E-state index contributed by atoms with van der Waals surface area (Å²) < 4.78 is 27.9. The number of hydrogen-bond acceptors (Lipinski definition) is 7. The Hall–Kier alpha value is -4.18. The number of rotatable bonds is 7. The second-order valence-electron chi connectivity index (χ2n) is 7.30. The third-order valence-corrected chi connectivity index (χ3v) is 6.82. The highest BCUT2D eigenvalue weighted by molar-refractivity contribution is 7.90. The number of ketones is 1. The van der Waals surface area contributed by atoms with Crippen molar-refractivity contribution in [2.75, 3.05) is 0 Å². The van der Waals surface area contributed by atoms with Gasteiger partial charge >= 0.3 is 5.97 Å². The number of benzene rings is 2. The number of carbonyl (C=O) groups is 2. The van der Waals surface area contributed by atoms with Gasteiger partial charge in [-0.2, -0.15) is 0 Å². The number of carboxylic acids is 1. The molecule has 0 aliphatic carbocycles. The van der Waals surface area contributed by atoms with E-state index in [4.69, 9.17) is 5.11 Å². The maximum absolute atomic E-state index is 13.5. The average molecular weight is 466 g/mol. The second-order valence-corrected chi connectivity index (χ2v) is 9.11. The van der Waals surface area contributed by atoms with Gasteiger partial charge in [0.2, 0.25) is 0 Å². The summed E-state index contributed by atoms with van der Waals surface area (Å²) in [6, 6.07) is 10.9. The van der Waals surface area contributed by atoms with E-state index in [1.165, 1.54) is 61.1 Å². The first-order valence-corrected chi connectivity index (χ1v) is 11.2. The molecule has 3 N–H and O–H groups in total. The van der Waals surface area contributed by atoms with Crippen molar-refractivity contribution in [3.63, 3.8) is 0 Å². The smallest absolute Gasteiger partial charge is 0.303 e. The van der Waals surface area contributed by atoms with Crippen LogP contribution < -0.4 is 0 Å². The minimum atomic E-state index is -4.24. The molecule has 0 amide bonds. The average Bonchev–Trinajstić information content (AvgIpc) is 3.16. The molecule has 2 aromatic heterocycles. The molecule has 4 aromatic rings. The molecule has 33 heavy (non-hydrogen) atoms. The number of pyridine rings is 1. The maximum atomic E-state index is 13.5. The molecule has 9 nitrogen and oxygen atoms in total. The first kappa shape index (κ1) is 22.0. The predicted molar refractivity (Wildman–Crippen MR) is 118 cm³/mol. The number of aromatic nitrogens is 2. The number of hydrogen-bond donors (Lipinski definition) is 3. The van der Waals surface area contributed by atoms with Crippen LogP contribution in [0.1, 0.15) is 27.9 Å². The number of aryl methyl sites for hydroxylation is 1. The summed E-state index contributed by atoms with van der Waals surface area (Å²) in [4.78, 5) is 27.5. The lowest BCUT2D eigenvalue weighted by Crippen LogP contribution is -2.13. The van der Waals surface area contributed by atoms with Gasteiger partial charge in [-0.05, 0) is 42.3 Å². The van der Waals surface area contributed by atoms with Crippen LogP contribution in [-0.4, -0.2) is 44.4 Å². The number of phenolic OH excluding ortho intramolecular Hbond substituents is 2. The number of fused-ring (bicyclic) bond motifs is 1. The summed E-state index contributed by atoms with van der Waals surface area (Å²) in [7, 11) is -4.24. The third-order valence-electron chi connectivity index (χ3n) is 5.15. The van der Waals surface area contributed by atoms with Crippen LogP contribution >= 0.6 is 0 Å². The zero-order valence-electron chi connectivity index (χ0n) is 17.0. The molecule has 0 saturated carbocycles. The Kier molecular flexibility index (Phi) is 5.60. The molecule has 0 unspecified atom stereocenters. The standard InChI is InChI=1S/C23H18N2O7S/c26-20-11-18-16(4-5-22(28)29)13-25(19(18)12-21(20)27)33(31,32)17-3-1-2-15(10-17)23(30)14-6-8-24-9-7-14/h1-3,6-13,26-27H,4-5H2,(H,28,29). The fourth-order valence-electron chi connectivity index (χ4n) is 3.51. The SMILES string of the molecule is O=C(O)CCc1cn(S(=O)(=O)c2cccc(C(=O)c3ccncc3)c2)c2cc(O)c(O)cc12. The molecule has 2 aromatic carbocycles. The molecular weight excluding hydrogens is 448 g/mol. The van der Waals surface area contributed by atoms with Crippen LogP contribution in [0.4, 0.5) is 0 Å². The predicted octanol–water partition coefficient (Wildman–Crippen LogP) is 2.93. The highest BCUT2D eigenvalue weighted by Gasteiger charge is 2.24. The highest BCUT2D eigenvalue weighted by atomic mass is 32.2. The van der Waals surface area contributed by atoms with E-state index in [-0.39, 0.29) is 34.6 Å². The van der Waals surface area contributed by atoms with Crippen LogP contribution in [0.25, 0.3) is 10.9 Å². The fourth-order valence-corrected chi connectivity index (χ4v) is 4.94. The Labute approximate surface area is 188 Å². The lowest BCUT2D eigenvalue weighted by atomic mass is 10.1. The molecule has 0 atom stereocenters. The normalized spacial score (nSPS) is 11.5. The zero-order valence-corrected chi connectivity index (χ0v) is 17.9. The van der Waals surface area contributed by atoms with Gasteiger partial charge in [0.15, 0.2) is 17.3 Å². The van der Waals surface area contributed by atoms with Crippen molar-refractivity contribution in [2.45, 2.75) is 17.7 Å². The Balaban J connectivity index is 1.83.